The average molecular weight is 284 g/mol. The van der Waals surface area contributed by atoms with Gasteiger partial charge in [-0.15, -0.1) is 10.2 Å². The van der Waals surface area contributed by atoms with Crippen molar-refractivity contribution in [2.45, 2.75) is 13.1 Å². The Hall–Kier alpha value is -0.960. The minimum absolute atomic E-state index is 0.103. The molecule has 9 heteroatoms. The molecule has 0 radical (unpaired) electrons. The summed E-state index contributed by atoms with van der Waals surface area (Å²) in [6, 6.07) is 0. The largest absolute Gasteiger partial charge is 0.445 e. The Bertz CT molecular complexity index is 404. The molecular weight excluding hydrogens is 273 g/mol. The second-order valence-electron chi connectivity index (χ2n) is 3.57. The van der Waals surface area contributed by atoms with Gasteiger partial charge in [0.1, 0.15) is 0 Å². The fourth-order valence-electron chi connectivity index (χ4n) is 1.06. The molecule has 17 heavy (non-hydrogen) atoms. The Labute approximate surface area is 106 Å². The van der Waals surface area contributed by atoms with E-state index < -0.39 is 11.2 Å². The van der Waals surface area contributed by atoms with Crippen molar-refractivity contribution in [1.82, 2.24) is 10.2 Å². The number of hydrogen-bond acceptors (Lipinski definition) is 5. The summed E-state index contributed by atoms with van der Waals surface area (Å²) in [7, 11) is 1.62. The van der Waals surface area contributed by atoms with Crippen molar-refractivity contribution in [3.8, 4) is 0 Å². The molecule has 0 fully saturated rings. The molecule has 4 nitrogen and oxygen atoms in total. The van der Waals surface area contributed by atoms with Crippen LogP contribution in [0.1, 0.15) is 11.9 Å². The molecule has 0 aliphatic heterocycles. The second-order valence-corrected chi connectivity index (χ2v) is 5.00. The summed E-state index contributed by atoms with van der Waals surface area (Å²) in [6.07, 6.45) is -4.45. The van der Waals surface area contributed by atoms with Crippen LogP contribution >= 0.6 is 23.6 Å². The summed E-state index contributed by atoms with van der Waals surface area (Å²) in [5, 5.41) is 5.82. The van der Waals surface area contributed by atoms with Crippen LogP contribution in [0.2, 0.25) is 0 Å². The van der Waals surface area contributed by atoms with Gasteiger partial charge in [-0.25, -0.2) is 0 Å². The average Bonchev–Trinajstić information content (AvgIpc) is 2.65. The lowest BCUT2D eigenvalue weighted by atomic mass is 10.2. The second kappa shape index (κ2) is 5.13. The van der Waals surface area contributed by atoms with Gasteiger partial charge in [0.05, 0.1) is 4.99 Å². The molecular formula is C8H11F3N4S2. The van der Waals surface area contributed by atoms with Gasteiger partial charge in [-0.3, -0.25) is 0 Å². The molecule has 0 aliphatic carbocycles. The fraction of sp³-hybridized carbons (Fsp3) is 0.625. The highest BCUT2D eigenvalue weighted by molar-refractivity contribution is 7.80. The minimum Gasteiger partial charge on any atom is -0.393 e. The number of rotatable bonds is 4. The molecule has 0 spiro atoms. The van der Waals surface area contributed by atoms with Crippen molar-refractivity contribution in [2.24, 2.45) is 11.7 Å². The van der Waals surface area contributed by atoms with Gasteiger partial charge in [-0.05, 0) is 0 Å². The van der Waals surface area contributed by atoms with E-state index in [9.17, 15) is 13.2 Å². The van der Waals surface area contributed by atoms with Crippen LogP contribution in [0.15, 0.2) is 0 Å². The summed E-state index contributed by atoms with van der Waals surface area (Å²) in [4.78, 5) is 1.87. The maximum atomic E-state index is 12.3. The topological polar surface area (TPSA) is 55.0 Å². The van der Waals surface area contributed by atoms with E-state index in [4.69, 9.17) is 18.0 Å². The van der Waals surface area contributed by atoms with E-state index in [-0.39, 0.29) is 11.0 Å². The number of hydrogen-bond donors (Lipinski definition) is 1. The summed E-state index contributed by atoms with van der Waals surface area (Å²) in [5.41, 5.74) is 5.43. The van der Waals surface area contributed by atoms with E-state index in [0.717, 1.165) is 0 Å². The van der Waals surface area contributed by atoms with Gasteiger partial charge >= 0.3 is 6.18 Å². The van der Waals surface area contributed by atoms with E-state index in [1.54, 1.807) is 18.9 Å². The molecule has 0 aliphatic rings. The van der Waals surface area contributed by atoms with Crippen LogP contribution in [0.5, 0.6) is 0 Å². The maximum Gasteiger partial charge on any atom is 0.445 e. The number of aromatic nitrogens is 2. The number of nitrogens with zero attached hydrogens (tertiary/aromatic N) is 3. The zero-order chi connectivity index (χ0) is 13.2. The van der Waals surface area contributed by atoms with E-state index in [0.29, 0.717) is 22.9 Å². The third-order valence-corrected chi connectivity index (χ3v) is 3.50. The predicted octanol–water partition coefficient (Wildman–Crippen LogP) is 1.92. The first kappa shape index (κ1) is 14.1. The first-order valence-corrected chi connectivity index (χ1v) is 5.85. The highest BCUT2D eigenvalue weighted by Crippen LogP contribution is 2.34. The third-order valence-electron chi connectivity index (χ3n) is 2.02. The first-order chi connectivity index (χ1) is 7.71. The van der Waals surface area contributed by atoms with Crippen molar-refractivity contribution in [3.63, 3.8) is 0 Å². The van der Waals surface area contributed by atoms with E-state index in [1.807, 2.05) is 0 Å². The van der Waals surface area contributed by atoms with E-state index in [2.05, 4.69) is 10.2 Å². The van der Waals surface area contributed by atoms with Crippen LogP contribution in [-0.2, 0) is 6.18 Å². The van der Waals surface area contributed by atoms with Gasteiger partial charge in [-0.2, -0.15) is 13.2 Å². The Kier molecular flexibility index (Phi) is 4.26. The molecule has 0 saturated heterocycles. The highest BCUT2D eigenvalue weighted by atomic mass is 32.1. The predicted molar refractivity (Wildman–Crippen MR) is 64.1 cm³/mol. The third kappa shape index (κ3) is 3.77. The molecule has 0 amide bonds. The van der Waals surface area contributed by atoms with Gasteiger partial charge in [0.2, 0.25) is 10.1 Å². The fourth-order valence-corrected chi connectivity index (χ4v) is 1.82. The van der Waals surface area contributed by atoms with Crippen molar-refractivity contribution >= 4 is 33.7 Å². The van der Waals surface area contributed by atoms with Gasteiger partial charge in [0, 0.05) is 19.5 Å². The van der Waals surface area contributed by atoms with E-state index in [1.165, 1.54) is 0 Å². The molecule has 2 N–H and O–H groups in total. The Balaban J connectivity index is 2.74. The van der Waals surface area contributed by atoms with Crippen LogP contribution in [0, 0.1) is 5.92 Å². The summed E-state index contributed by atoms with van der Waals surface area (Å²) >= 11 is 5.29. The molecule has 1 heterocycles. The highest BCUT2D eigenvalue weighted by Gasteiger charge is 2.36. The molecule has 0 bridgehead atoms. The number of nitrogens with two attached hydrogens (primary N) is 1. The molecule has 1 aromatic heterocycles. The summed E-state index contributed by atoms with van der Waals surface area (Å²) in [6.45, 7) is 2.20. The van der Waals surface area contributed by atoms with Crippen molar-refractivity contribution < 1.29 is 13.2 Å². The monoisotopic (exact) mass is 284 g/mol. The van der Waals surface area contributed by atoms with Gasteiger partial charge < -0.3 is 10.6 Å². The van der Waals surface area contributed by atoms with Crippen LogP contribution in [-0.4, -0.2) is 28.8 Å². The molecule has 1 aromatic rings. The van der Waals surface area contributed by atoms with Gasteiger partial charge in [-0.1, -0.05) is 30.5 Å². The number of anilines is 1. The molecule has 96 valence electrons. The summed E-state index contributed by atoms with van der Waals surface area (Å²) < 4.78 is 36.9. The lowest BCUT2D eigenvalue weighted by Crippen LogP contribution is -2.31. The zero-order valence-corrected chi connectivity index (χ0v) is 10.8. The first-order valence-electron chi connectivity index (χ1n) is 4.63. The SMILES string of the molecule is CC(CN(C)c1nnc(C(F)(F)F)s1)C(N)=S. The molecule has 1 unspecified atom stereocenters. The van der Waals surface area contributed by atoms with Crippen LogP contribution in [0.25, 0.3) is 0 Å². The summed E-state index contributed by atoms with van der Waals surface area (Å²) in [5.74, 6) is -0.103. The smallest absolute Gasteiger partial charge is 0.393 e. The number of alkyl halides is 3. The van der Waals surface area contributed by atoms with Gasteiger partial charge in [0.15, 0.2) is 0 Å². The lowest BCUT2D eigenvalue weighted by Gasteiger charge is -2.19. The Morgan fingerprint density at radius 1 is 1.53 bits per heavy atom. The normalized spacial score (nSPS) is 13.5. The van der Waals surface area contributed by atoms with Crippen LogP contribution in [0.3, 0.4) is 0 Å². The van der Waals surface area contributed by atoms with E-state index >= 15 is 0 Å². The van der Waals surface area contributed by atoms with Gasteiger partial charge in [0.25, 0.3) is 0 Å². The Morgan fingerprint density at radius 3 is 2.53 bits per heavy atom. The molecule has 1 atom stereocenters. The molecule has 1 rings (SSSR count). The number of halogens is 3. The number of thiocarbonyl (C=S) groups is 1. The minimum atomic E-state index is -4.45. The standard InChI is InChI=1S/C8H11F3N4S2/c1-4(5(12)16)3-15(2)7-14-13-6(17-7)8(9,10)11/h4H,3H2,1-2H3,(H2,12,16). The molecule has 0 saturated carbocycles. The van der Waals surface area contributed by atoms with Crippen molar-refractivity contribution in [2.75, 3.05) is 18.5 Å². The van der Waals surface area contributed by atoms with Crippen LogP contribution < -0.4 is 10.6 Å². The Morgan fingerprint density at radius 2 is 2.12 bits per heavy atom. The van der Waals surface area contributed by atoms with Crippen molar-refractivity contribution in [3.05, 3.63) is 5.01 Å². The maximum absolute atomic E-state index is 12.3. The van der Waals surface area contributed by atoms with Crippen molar-refractivity contribution in [1.29, 1.82) is 0 Å². The quantitative estimate of drug-likeness (QED) is 0.856. The van der Waals surface area contributed by atoms with Crippen LogP contribution in [0.4, 0.5) is 18.3 Å². The molecule has 0 aromatic carbocycles. The lowest BCUT2D eigenvalue weighted by molar-refractivity contribution is -0.138. The zero-order valence-electron chi connectivity index (χ0n) is 9.15.